The zero-order chi connectivity index (χ0) is 14.7. The van der Waals surface area contributed by atoms with Gasteiger partial charge in [-0.3, -0.25) is 4.79 Å². The lowest BCUT2D eigenvalue weighted by Crippen LogP contribution is -2.25. The maximum atomic E-state index is 12.1. The standard InChI is InChI=1S/C15H20N4OS/c16-9-12-11-3-5-17-10-13(11)21-15(12)18-14(20)4-8-19-6-1-2-7-19/h17H,1-8,10H2,(H,18,20). The molecule has 0 unspecified atom stereocenters. The van der Waals surface area contributed by atoms with Gasteiger partial charge in [-0.1, -0.05) is 0 Å². The Kier molecular flexibility index (Phi) is 4.54. The number of fused-ring (bicyclic) bond motifs is 1. The van der Waals surface area contributed by atoms with Gasteiger partial charge in [0.1, 0.15) is 11.1 Å². The Bertz CT molecular complexity index is 569. The van der Waals surface area contributed by atoms with E-state index in [9.17, 15) is 10.1 Å². The second-order valence-electron chi connectivity index (χ2n) is 5.59. The summed E-state index contributed by atoms with van der Waals surface area (Å²) in [6, 6.07) is 2.26. The molecule has 21 heavy (non-hydrogen) atoms. The Morgan fingerprint density at radius 3 is 3.00 bits per heavy atom. The van der Waals surface area contributed by atoms with Crippen LogP contribution in [-0.4, -0.2) is 37.0 Å². The van der Waals surface area contributed by atoms with Gasteiger partial charge < -0.3 is 15.5 Å². The average Bonchev–Trinajstić information content (AvgIpc) is 3.12. The molecular weight excluding hydrogens is 284 g/mol. The lowest BCUT2D eigenvalue weighted by atomic mass is 10.1. The molecule has 3 rings (SSSR count). The van der Waals surface area contributed by atoms with E-state index in [1.165, 1.54) is 17.7 Å². The first-order valence-electron chi connectivity index (χ1n) is 7.55. The molecular formula is C15H20N4OS. The third kappa shape index (κ3) is 3.26. The molecule has 0 radical (unpaired) electrons. The van der Waals surface area contributed by atoms with Crippen molar-refractivity contribution in [2.45, 2.75) is 32.2 Å². The number of thiophene rings is 1. The first-order valence-corrected chi connectivity index (χ1v) is 8.37. The number of likely N-dealkylation sites (tertiary alicyclic amines) is 1. The van der Waals surface area contributed by atoms with Crippen molar-refractivity contribution in [2.75, 3.05) is 31.5 Å². The van der Waals surface area contributed by atoms with E-state index in [0.29, 0.717) is 12.0 Å². The van der Waals surface area contributed by atoms with Gasteiger partial charge in [0.25, 0.3) is 0 Å². The van der Waals surface area contributed by atoms with E-state index in [-0.39, 0.29) is 5.91 Å². The van der Waals surface area contributed by atoms with Crippen LogP contribution in [0.3, 0.4) is 0 Å². The Labute approximate surface area is 128 Å². The van der Waals surface area contributed by atoms with Crippen molar-refractivity contribution < 1.29 is 4.79 Å². The van der Waals surface area contributed by atoms with Crippen LogP contribution in [-0.2, 0) is 17.8 Å². The quantitative estimate of drug-likeness (QED) is 0.888. The molecule has 0 aromatic carbocycles. The summed E-state index contributed by atoms with van der Waals surface area (Å²) in [6.07, 6.45) is 3.86. The molecule has 0 atom stereocenters. The van der Waals surface area contributed by atoms with Crippen molar-refractivity contribution in [3.63, 3.8) is 0 Å². The third-order valence-electron chi connectivity index (χ3n) is 4.15. The monoisotopic (exact) mass is 304 g/mol. The van der Waals surface area contributed by atoms with Gasteiger partial charge in [-0.25, -0.2) is 0 Å². The van der Waals surface area contributed by atoms with Gasteiger partial charge in [0, 0.05) is 24.4 Å². The smallest absolute Gasteiger partial charge is 0.226 e. The molecule has 2 N–H and O–H groups in total. The van der Waals surface area contributed by atoms with Crippen LogP contribution in [0.25, 0.3) is 0 Å². The number of hydrogen-bond acceptors (Lipinski definition) is 5. The van der Waals surface area contributed by atoms with Gasteiger partial charge in [-0.05, 0) is 44.5 Å². The number of rotatable bonds is 4. The number of carbonyl (C=O) groups is 1. The highest BCUT2D eigenvalue weighted by atomic mass is 32.1. The summed E-state index contributed by atoms with van der Waals surface area (Å²) in [5.74, 6) is 0.0185. The van der Waals surface area contributed by atoms with E-state index >= 15 is 0 Å². The third-order valence-corrected chi connectivity index (χ3v) is 5.29. The molecule has 6 heteroatoms. The normalized spacial score (nSPS) is 18.2. The molecule has 1 aromatic rings. The van der Waals surface area contributed by atoms with Crippen LogP contribution in [0.1, 0.15) is 35.3 Å². The number of carbonyl (C=O) groups excluding carboxylic acids is 1. The average molecular weight is 304 g/mol. The molecule has 2 aliphatic heterocycles. The predicted molar refractivity (Wildman–Crippen MR) is 83.4 cm³/mol. The number of nitriles is 1. The van der Waals surface area contributed by atoms with Gasteiger partial charge in [0.15, 0.2) is 0 Å². The van der Waals surface area contributed by atoms with E-state index < -0.39 is 0 Å². The van der Waals surface area contributed by atoms with Gasteiger partial charge >= 0.3 is 0 Å². The molecule has 3 heterocycles. The summed E-state index contributed by atoms with van der Waals surface area (Å²) < 4.78 is 0. The fourth-order valence-corrected chi connectivity index (χ4v) is 4.18. The summed E-state index contributed by atoms with van der Waals surface area (Å²) in [6.45, 7) is 4.74. The molecule has 2 aliphatic rings. The van der Waals surface area contributed by atoms with Crippen LogP contribution in [0, 0.1) is 11.3 Å². The van der Waals surface area contributed by atoms with Gasteiger partial charge in [-0.2, -0.15) is 5.26 Å². The molecule has 1 aromatic heterocycles. The Hall–Kier alpha value is -1.42. The van der Waals surface area contributed by atoms with Crippen molar-refractivity contribution in [3.8, 4) is 6.07 Å². The summed E-state index contributed by atoms with van der Waals surface area (Å²) >= 11 is 1.54. The maximum Gasteiger partial charge on any atom is 0.226 e. The van der Waals surface area contributed by atoms with Crippen molar-refractivity contribution >= 4 is 22.2 Å². The second-order valence-corrected chi connectivity index (χ2v) is 6.70. The van der Waals surface area contributed by atoms with Crippen molar-refractivity contribution in [3.05, 3.63) is 16.0 Å². The van der Waals surface area contributed by atoms with E-state index in [0.717, 1.165) is 49.7 Å². The van der Waals surface area contributed by atoms with Crippen LogP contribution in [0.2, 0.25) is 0 Å². The summed E-state index contributed by atoms with van der Waals surface area (Å²) in [5.41, 5.74) is 1.79. The van der Waals surface area contributed by atoms with Crippen LogP contribution in [0.5, 0.6) is 0 Å². The van der Waals surface area contributed by atoms with Crippen molar-refractivity contribution in [1.82, 2.24) is 10.2 Å². The number of nitrogens with one attached hydrogen (secondary N) is 2. The summed E-state index contributed by atoms with van der Waals surface area (Å²) in [7, 11) is 0. The predicted octanol–water partition coefficient (Wildman–Crippen LogP) is 1.69. The number of hydrogen-bond donors (Lipinski definition) is 2. The lowest BCUT2D eigenvalue weighted by molar-refractivity contribution is -0.116. The van der Waals surface area contributed by atoms with E-state index in [1.54, 1.807) is 11.3 Å². The van der Waals surface area contributed by atoms with Gasteiger partial charge in [0.05, 0.1) is 5.56 Å². The fraction of sp³-hybridized carbons (Fsp3) is 0.600. The van der Waals surface area contributed by atoms with Crippen LogP contribution in [0.15, 0.2) is 0 Å². The van der Waals surface area contributed by atoms with Gasteiger partial charge in [-0.15, -0.1) is 11.3 Å². The highest BCUT2D eigenvalue weighted by Crippen LogP contribution is 2.34. The zero-order valence-corrected chi connectivity index (χ0v) is 12.9. The minimum atomic E-state index is 0.0185. The van der Waals surface area contributed by atoms with E-state index in [4.69, 9.17) is 0 Å². The van der Waals surface area contributed by atoms with Crippen LogP contribution >= 0.6 is 11.3 Å². The van der Waals surface area contributed by atoms with Crippen molar-refractivity contribution in [2.24, 2.45) is 0 Å². The number of anilines is 1. The summed E-state index contributed by atoms with van der Waals surface area (Å²) in [4.78, 5) is 15.6. The Morgan fingerprint density at radius 1 is 1.43 bits per heavy atom. The minimum Gasteiger partial charge on any atom is -0.317 e. The fourth-order valence-electron chi connectivity index (χ4n) is 3.00. The molecule has 0 spiro atoms. The molecule has 0 bridgehead atoms. The molecule has 5 nitrogen and oxygen atoms in total. The Balaban J connectivity index is 1.62. The largest absolute Gasteiger partial charge is 0.317 e. The molecule has 1 saturated heterocycles. The first kappa shape index (κ1) is 14.5. The SMILES string of the molecule is N#Cc1c(NC(=O)CCN2CCCC2)sc2c1CCNC2. The van der Waals surface area contributed by atoms with E-state index in [2.05, 4.69) is 21.6 Å². The minimum absolute atomic E-state index is 0.0185. The number of amides is 1. The topological polar surface area (TPSA) is 68.2 Å². The highest BCUT2D eigenvalue weighted by molar-refractivity contribution is 7.16. The Morgan fingerprint density at radius 2 is 2.24 bits per heavy atom. The summed E-state index contributed by atoms with van der Waals surface area (Å²) in [5, 5.41) is 16.3. The molecule has 0 saturated carbocycles. The van der Waals surface area contributed by atoms with Crippen molar-refractivity contribution in [1.29, 1.82) is 5.26 Å². The molecule has 1 amide bonds. The number of nitrogens with zero attached hydrogens (tertiary/aromatic N) is 2. The maximum absolute atomic E-state index is 12.1. The van der Waals surface area contributed by atoms with E-state index in [1.807, 2.05) is 0 Å². The van der Waals surface area contributed by atoms with Gasteiger partial charge in [0.2, 0.25) is 5.91 Å². The molecule has 1 fully saturated rings. The van der Waals surface area contributed by atoms with Crippen LogP contribution in [0.4, 0.5) is 5.00 Å². The molecule has 0 aliphatic carbocycles. The second kappa shape index (κ2) is 6.56. The molecule has 112 valence electrons. The lowest BCUT2D eigenvalue weighted by Gasteiger charge is -2.13. The first-order chi connectivity index (χ1) is 10.3. The zero-order valence-electron chi connectivity index (χ0n) is 12.1. The highest BCUT2D eigenvalue weighted by Gasteiger charge is 2.21. The van der Waals surface area contributed by atoms with Crippen LogP contribution < -0.4 is 10.6 Å².